The predicted octanol–water partition coefficient (Wildman–Crippen LogP) is 2.10. The van der Waals surface area contributed by atoms with E-state index in [0.717, 1.165) is 29.9 Å². The van der Waals surface area contributed by atoms with Crippen LogP contribution in [0.3, 0.4) is 0 Å². The number of amides is 1. The van der Waals surface area contributed by atoms with Crippen LogP contribution in [-0.2, 0) is 6.54 Å². The quantitative estimate of drug-likeness (QED) is 0.868. The van der Waals surface area contributed by atoms with Crippen molar-refractivity contribution in [3.05, 3.63) is 35.4 Å². The van der Waals surface area contributed by atoms with Gasteiger partial charge in [-0.25, -0.2) is 0 Å². The Morgan fingerprint density at radius 3 is 2.41 bits per heavy atom. The lowest BCUT2D eigenvalue weighted by atomic mass is 9.82. The summed E-state index contributed by atoms with van der Waals surface area (Å²) in [6.45, 7) is 2.72. The van der Waals surface area contributed by atoms with Gasteiger partial charge >= 0.3 is 0 Å². The summed E-state index contributed by atoms with van der Waals surface area (Å²) in [6, 6.07) is 7.84. The maximum atomic E-state index is 11.8. The molecule has 1 saturated carbocycles. The molecule has 1 aromatic rings. The molecule has 0 aromatic heterocycles. The van der Waals surface area contributed by atoms with E-state index in [1.165, 1.54) is 0 Å². The van der Waals surface area contributed by atoms with Gasteiger partial charge in [0.25, 0.3) is 5.91 Å². The molecule has 0 radical (unpaired) electrons. The van der Waals surface area contributed by atoms with Gasteiger partial charge in [-0.3, -0.25) is 4.79 Å². The molecule has 94 valence electrons. The van der Waals surface area contributed by atoms with E-state index in [1.54, 1.807) is 0 Å². The van der Waals surface area contributed by atoms with Crippen molar-refractivity contribution in [3.8, 4) is 0 Å². The van der Waals surface area contributed by atoms with E-state index in [1.807, 2.05) is 24.3 Å². The molecule has 0 atom stereocenters. The Balaban J connectivity index is 0.00000144. The highest BCUT2D eigenvalue weighted by atomic mass is 35.5. The number of carbonyl (C=O) groups is 1. The summed E-state index contributed by atoms with van der Waals surface area (Å²) in [5.41, 5.74) is 7.27. The minimum atomic E-state index is 0. The number of benzene rings is 1. The van der Waals surface area contributed by atoms with E-state index in [2.05, 4.69) is 12.2 Å². The second kappa shape index (κ2) is 6.03. The largest absolute Gasteiger partial charge is 0.349 e. The third kappa shape index (κ3) is 3.45. The first kappa shape index (κ1) is 14.0. The van der Waals surface area contributed by atoms with Crippen LogP contribution in [0.4, 0.5) is 0 Å². The van der Waals surface area contributed by atoms with Crippen LogP contribution in [0.1, 0.15) is 35.7 Å². The van der Waals surface area contributed by atoms with Crippen LogP contribution in [-0.4, -0.2) is 11.9 Å². The minimum Gasteiger partial charge on any atom is -0.349 e. The molecular weight excluding hydrogens is 236 g/mol. The van der Waals surface area contributed by atoms with Gasteiger partial charge in [0.1, 0.15) is 0 Å². The molecule has 17 heavy (non-hydrogen) atoms. The standard InChI is InChI=1S/C13H18N2O.ClH/c1-9-6-12(7-9)15-13(16)11-4-2-10(8-14)3-5-11;/h2-5,9,12H,6-8,14H2,1H3,(H,15,16);1H. The molecule has 0 bridgehead atoms. The average Bonchev–Trinajstić information content (AvgIpc) is 2.27. The number of halogens is 1. The SMILES string of the molecule is CC1CC(NC(=O)c2ccc(CN)cc2)C1.Cl. The normalized spacial score (nSPS) is 22.2. The van der Waals surface area contributed by atoms with Gasteiger partial charge in [-0.1, -0.05) is 19.1 Å². The first-order chi connectivity index (χ1) is 7.69. The summed E-state index contributed by atoms with van der Waals surface area (Å²) in [5.74, 6) is 0.783. The number of hydrogen-bond acceptors (Lipinski definition) is 2. The van der Waals surface area contributed by atoms with E-state index in [0.29, 0.717) is 12.6 Å². The molecule has 1 amide bonds. The summed E-state index contributed by atoms with van der Waals surface area (Å²) >= 11 is 0. The maximum absolute atomic E-state index is 11.8. The molecule has 0 aliphatic heterocycles. The molecule has 0 unspecified atom stereocenters. The first-order valence-corrected chi connectivity index (χ1v) is 5.79. The molecule has 1 aromatic carbocycles. The average molecular weight is 255 g/mol. The van der Waals surface area contributed by atoms with Crippen LogP contribution >= 0.6 is 12.4 Å². The fourth-order valence-corrected chi connectivity index (χ4v) is 2.08. The van der Waals surface area contributed by atoms with Crippen LogP contribution in [0, 0.1) is 5.92 Å². The molecule has 3 N–H and O–H groups in total. The second-order valence-electron chi connectivity index (χ2n) is 4.65. The molecule has 2 rings (SSSR count). The van der Waals surface area contributed by atoms with E-state index < -0.39 is 0 Å². The van der Waals surface area contributed by atoms with Gasteiger partial charge in [-0.2, -0.15) is 0 Å². The van der Waals surface area contributed by atoms with Crippen molar-refractivity contribution >= 4 is 18.3 Å². The maximum Gasteiger partial charge on any atom is 0.251 e. The zero-order valence-electron chi connectivity index (χ0n) is 9.98. The number of nitrogens with two attached hydrogens (primary N) is 1. The van der Waals surface area contributed by atoms with E-state index in [4.69, 9.17) is 5.73 Å². The Labute approximate surface area is 108 Å². The van der Waals surface area contributed by atoms with Gasteiger partial charge in [0.05, 0.1) is 0 Å². The molecule has 3 nitrogen and oxygen atoms in total. The highest BCUT2D eigenvalue weighted by Gasteiger charge is 2.26. The number of nitrogens with one attached hydrogen (secondary N) is 1. The fraction of sp³-hybridized carbons (Fsp3) is 0.462. The van der Waals surface area contributed by atoms with Gasteiger partial charge in [0.2, 0.25) is 0 Å². The van der Waals surface area contributed by atoms with Crippen molar-refractivity contribution in [1.29, 1.82) is 0 Å². The van der Waals surface area contributed by atoms with Crippen molar-refractivity contribution in [3.63, 3.8) is 0 Å². The Hall–Kier alpha value is -1.06. The third-order valence-corrected chi connectivity index (χ3v) is 3.16. The van der Waals surface area contributed by atoms with Gasteiger partial charge in [0.15, 0.2) is 0 Å². The third-order valence-electron chi connectivity index (χ3n) is 3.16. The topological polar surface area (TPSA) is 55.1 Å². The lowest BCUT2D eigenvalue weighted by Crippen LogP contribution is -2.43. The highest BCUT2D eigenvalue weighted by molar-refractivity contribution is 5.94. The molecule has 4 heteroatoms. The molecular formula is C13H19ClN2O. The lowest BCUT2D eigenvalue weighted by molar-refractivity contribution is 0.0896. The predicted molar refractivity (Wildman–Crippen MR) is 71.2 cm³/mol. The Morgan fingerprint density at radius 1 is 1.35 bits per heavy atom. The van der Waals surface area contributed by atoms with Crippen molar-refractivity contribution in [2.24, 2.45) is 11.7 Å². The molecule has 0 saturated heterocycles. The summed E-state index contributed by atoms with van der Waals surface area (Å²) < 4.78 is 0. The van der Waals surface area contributed by atoms with Gasteiger partial charge in [-0.15, -0.1) is 12.4 Å². The molecule has 1 aliphatic rings. The van der Waals surface area contributed by atoms with Crippen LogP contribution in [0.25, 0.3) is 0 Å². The molecule has 0 heterocycles. The van der Waals surface area contributed by atoms with Crippen molar-refractivity contribution < 1.29 is 4.79 Å². The highest BCUT2D eigenvalue weighted by Crippen LogP contribution is 2.26. The van der Waals surface area contributed by atoms with Gasteiger partial charge < -0.3 is 11.1 Å². The van der Waals surface area contributed by atoms with Crippen LogP contribution in [0.2, 0.25) is 0 Å². The zero-order valence-corrected chi connectivity index (χ0v) is 10.8. The minimum absolute atomic E-state index is 0. The molecule has 1 fully saturated rings. The van der Waals surface area contributed by atoms with Gasteiger partial charge in [-0.05, 0) is 36.5 Å². The lowest BCUT2D eigenvalue weighted by Gasteiger charge is -2.33. The number of hydrogen-bond donors (Lipinski definition) is 2. The Kier molecular flexibility index (Phi) is 4.97. The van der Waals surface area contributed by atoms with Crippen LogP contribution < -0.4 is 11.1 Å². The summed E-state index contributed by atoms with van der Waals surface area (Å²) in [4.78, 5) is 11.8. The van der Waals surface area contributed by atoms with E-state index >= 15 is 0 Å². The summed E-state index contributed by atoms with van der Waals surface area (Å²) in [6.07, 6.45) is 2.21. The number of carbonyl (C=O) groups excluding carboxylic acids is 1. The van der Waals surface area contributed by atoms with Crippen LogP contribution in [0.5, 0.6) is 0 Å². The Morgan fingerprint density at radius 2 is 1.94 bits per heavy atom. The van der Waals surface area contributed by atoms with Crippen molar-refractivity contribution in [2.75, 3.05) is 0 Å². The molecule has 0 spiro atoms. The van der Waals surface area contributed by atoms with E-state index in [-0.39, 0.29) is 18.3 Å². The van der Waals surface area contributed by atoms with Crippen LogP contribution in [0.15, 0.2) is 24.3 Å². The van der Waals surface area contributed by atoms with Crippen molar-refractivity contribution in [1.82, 2.24) is 5.32 Å². The Bertz CT molecular complexity index is 372. The van der Waals surface area contributed by atoms with Crippen molar-refractivity contribution in [2.45, 2.75) is 32.4 Å². The first-order valence-electron chi connectivity index (χ1n) is 5.79. The zero-order chi connectivity index (χ0) is 11.5. The van der Waals surface area contributed by atoms with Gasteiger partial charge in [0, 0.05) is 18.2 Å². The molecule has 1 aliphatic carbocycles. The summed E-state index contributed by atoms with van der Waals surface area (Å²) in [5, 5.41) is 3.03. The summed E-state index contributed by atoms with van der Waals surface area (Å²) in [7, 11) is 0. The second-order valence-corrected chi connectivity index (χ2v) is 4.65. The van der Waals surface area contributed by atoms with E-state index in [9.17, 15) is 4.79 Å². The monoisotopic (exact) mass is 254 g/mol. The fourth-order valence-electron chi connectivity index (χ4n) is 2.08. The smallest absolute Gasteiger partial charge is 0.251 e. The number of rotatable bonds is 3.